The number of benzene rings is 1. The molecule has 0 bridgehead atoms. The van der Waals surface area contributed by atoms with Crippen molar-refractivity contribution in [1.29, 1.82) is 0 Å². The number of nitrogens with zero attached hydrogens (tertiary/aromatic N) is 3. The number of aromatic nitrogens is 2. The SMILES string of the molecule is COc1ccc(C2(C(=O)N3CCC(Cn4c(C)cnc4C4CCC4)C3)CC2)cc1. The van der Waals surface area contributed by atoms with Gasteiger partial charge in [-0.2, -0.15) is 0 Å². The summed E-state index contributed by atoms with van der Waals surface area (Å²) >= 11 is 0. The minimum Gasteiger partial charge on any atom is -0.497 e. The molecule has 2 heterocycles. The maximum atomic E-state index is 13.4. The maximum absolute atomic E-state index is 13.4. The molecule has 2 saturated carbocycles. The lowest BCUT2D eigenvalue weighted by Crippen LogP contribution is -2.38. The molecule has 2 aliphatic carbocycles. The van der Waals surface area contributed by atoms with Gasteiger partial charge in [0.25, 0.3) is 0 Å². The van der Waals surface area contributed by atoms with E-state index in [1.807, 2.05) is 18.3 Å². The number of carbonyl (C=O) groups is 1. The van der Waals surface area contributed by atoms with Crippen LogP contribution in [0.3, 0.4) is 0 Å². The monoisotopic (exact) mass is 393 g/mol. The second-order valence-electron chi connectivity index (χ2n) is 9.21. The van der Waals surface area contributed by atoms with Gasteiger partial charge >= 0.3 is 0 Å². The average Bonchev–Trinajstić information content (AvgIpc) is 3.27. The van der Waals surface area contributed by atoms with Crippen LogP contribution in [0.2, 0.25) is 0 Å². The molecule has 1 aliphatic heterocycles. The Labute approximate surface area is 173 Å². The van der Waals surface area contributed by atoms with Crippen LogP contribution in [0, 0.1) is 12.8 Å². The quantitative estimate of drug-likeness (QED) is 0.744. The molecular weight excluding hydrogens is 362 g/mol. The van der Waals surface area contributed by atoms with Crippen LogP contribution in [0.1, 0.15) is 61.5 Å². The molecule has 1 aromatic carbocycles. The van der Waals surface area contributed by atoms with Crippen LogP contribution in [0.15, 0.2) is 30.5 Å². The van der Waals surface area contributed by atoms with E-state index in [-0.39, 0.29) is 5.41 Å². The van der Waals surface area contributed by atoms with E-state index in [0.717, 1.165) is 50.2 Å². The normalized spacial score (nSPS) is 23.1. The smallest absolute Gasteiger partial charge is 0.233 e. The number of likely N-dealkylation sites (tertiary alicyclic amines) is 1. The molecule has 29 heavy (non-hydrogen) atoms. The second-order valence-corrected chi connectivity index (χ2v) is 9.21. The van der Waals surface area contributed by atoms with Crippen molar-refractivity contribution in [3.8, 4) is 5.75 Å². The van der Waals surface area contributed by atoms with Crippen LogP contribution >= 0.6 is 0 Å². The van der Waals surface area contributed by atoms with Crippen LogP contribution < -0.4 is 4.74 Å². The van der Waals surface area contributed by atoms with E-state index in [0.29, 0.717) is 17.7 Å². The van der Waals surface area contributed by atoms with Crippen LogP contribution in [-0.2, 0) is 16.8 Å². The zero-order valence-electron chi connectivity index (χ0n) is 17.6. The number of carbonyl (C=O) groups excluding carboxylic acids is 1. The third-order valence-corrected chi connectivity index (χ3v) is 7.37. The number of hydrogen-bond acceptors (Lipinski definition) is 3. The highest BCUT2D eigenvalue weighted by molar-refractivity contribution is 5.91. The van der Waals surface area contributed by atoms with Crippen molar-refractivity contribution in [1.82, 2.24) is 14.5 Å². The minimum absolute atomic E-state index is 0.289. The first-order valence-electron chi connectivity index (χ1n) is 11.1. The summed E-state index contributed by atoms with van der Waals surface area (Å²) in [5.41, 5.74) is 2.11. The zero-order chi connectivity index (χ0) is 20.0. The molecule has 1 atom stereocenters. The van der Waals surface area contributed by atoms with Gasteiger partial charge in [-0.3, -0.25) is 4.79 Å². The van der Waals surface area contributed by atoms with Gasteiger partial charge in [-0.15, -0.1) is 0 Å². The summed E-state index contributed by atoms with van der Waals surface area (Å²) < 4.78 is 7.70. The molecule has 0 radical (unpaired) electrons. The van der Waals surface area contributed by atoms with Crippen molar-refractivity contribution in [2.45, 2.75) is 63.3 Å². The van der Waals surface area contributed by atoms with Gasteiger partial charge in [0.05, 0.1) is 12.5 Å². The van der Waals surface area contributed by atoms with Crippen molar-refractivity contribution < 1.29 is 9.53 Å². The molecule has 2 aromatic rings. The van der Waals surface area contributed by atoms with E-state index in [2.05, 4.69) is 28.5 Å². The first-order chi connectivity index (χ1) is 14.1. The van der Waals surface area contributed by atoms with Gasteiger partial charge in [-0.25, -0.2) is 4.98 Å². The van der Waals surface area contributed by atoms with Gasteiger partial charge in [0.15, 0.2) is 0 Å². The summed E-state index contributed by atoms with van der Waals surface area (Å²) in [6.07, 6.45) is 8.92. The fraction of sp³-hybridized carbons (Fsp3) is 0.583. The van der Waals surface area contributed by atoms with Crippen LogP contribution in [0.4, 0.5) is 0 Å². The number of imidazole rings is 1. The van der Waals surface area contributed by atoms with E-state index in [4.69, 9.17) is 9.72 Å². The number of rotatable bonds is 6. The van der Waals surface area contributed by atoms with E-state index < -0.39 is 0 Å². The highest BCUT2D eigenvalue weighted by atomic mass is 16.5. The van der Waals surface area contributed by atoms with E-state index >= 15 is 0 Å². The summed E-state index contributed by atoms with van der Waals surface area (Å²) in [4.78, 5) is 20.2. The number of amides is 1. The number of hydrogen-bond donors (Lipinski definition) is 0. The van der Waals surface area contributed by atoms with E-state index in [1.54, 1.807) is 7.11 Å². The largest absolute Gasteiger partial charge is 0.497 e. The fourth-order valence-corrected chi connectivity index (χ4v) is 5.10. The minimum atomic E-state index is -0.289. The Morgan fingerprint density at radius 3 is 2.59 bits per heavy atom. The van der Waals surface area contributed by atoms with Gasteiger partial charge < -0.3 is 14.2 Å². The standard InChI is InChI=1S/C24H31N3O2/c1-17-14-25-22(19-4-3-5-19)27(17)16-18-10-13-26(15-18)23(28)24(11-12-24)20-6-8-21(29-2)9-7-20/h6-9,14,18-19H,3-5,10-13,15-16H2,1-2H3. The summed E-state index contributed by atoms with van der Waals surface area (Å²) in [6.45, 7) is 4.92. The van der Waals surface area contributed by atoms with Gasteiger partial charge in [0.1, 0.15) is 11.6 Å². The molecule has 0 spiro atoms. The molecule has 5 nitrogen and oxygen atoms in total. The predicted molar refractivity (Wildman–Crippen MR) is 112 cm³/mol. The van der Waals surface area contributed by atoms with Crippen molar-refractivity contribution in [3.63, 3.8) is 0 Å². The Kier molecular flexibility index (Phi) is 4.64. The Bertz CT molecular complexity index is 893. The summed E-state index contributed by atoms with van der Waals surface area (Å²) in [7, 11) is 1.68. The number of aryl methyl sites for hydroxylation is 1. The van der Waals surface area contributed by atoms with E-state index in [1.165, 1.54) is 30.8 Å². The topological polar surface area (TPSA) is 47.4 Å². The average molecular weight is 394 g/mol. The summed E-state index contributed by atoms with van der Waals surface area (Å²) in [6, 6.07) is 8.08. The molecule has 1 unspecified atom stereocenters. The van der Waals surface area contributed by atoms with Crippen molar-refractivity contribution >= 4 is 5.91 Å². The molecule has 1 aromatic heterocycles. The maximum Gasteiger partial charge on any atom is 0.233 e. The van der Waals surface area contributed by atoms with E-state index in [9.17, 15) is 4.79 Å². The van der Waals surface area contributed by atoms with Crippen molar-refractivity contribution in [2.24, 2.45) is 5.92 Å². The lowest BCUT2D eigenvalue weighted by molar-refractivity contribution is -0.133. The molecule has 3 fully saturated rings. The summed E-state index contributed by atoms with van der Waals surface area (Å²) in [5, 5.41) is 0. The Morgan fingerprint density at radius 1 is 1.21 bits per heavy atom. The third kappa shape index (κ3) is 3.24. The molecule has 3 aliphatic rings. The first kappa shape index (κ1) is 18.7. The highest BCUT2D eigenvalue weighted by Gasteiger charge is 2.53. The van der Waals surface area contributed by atoms with Crippen LogP contribution in [-0.4, -0.2) is 40.6 Å². The van der Waals surface area contributed by atoms with Gasteiger partial charge in [-0.1, -0.05) is 18.6 Å². The van der Waals surface area contributed by atoms with Gasteiger partial charge in [0, 0.05) is 37.4 Å². The van der Waals surface area contributed by atoms with Gasteiger partial charge in [-0.05, 0) is 62.6 Å². The van der Waals surface area contributed by atoms with Gasteiger partial charge in [0.2, 0.25) is 5.91 Å². The molecule has 154 valence electrons. The Morgan fingerprint density at radius 2 is 1.97 bits per heavy atom. The molecule has 5 heteroatoms. The Balaban J connectivity index is 1.26. The van der Waals surface area contributed by atoms with Crippen molar-refractivity contribution in [2.75, 3.05) is 20.2 Å². The molecule has 0 N–H and O–H groups in total. The third-order valence-electron chi connectivity index (χ3n) is 7.37. The lowest BCUT2D eigenvalue weighted by atomic mass is 9.84. The summed E-state index contributed by atoms with van der Waals surface area (Å²) in [5.74, 6) is 3.61. The fourth-order valence-electron chi connectivity index (χ4n) is 5.10. The van der Waals surface area contributed by atoms with Crippen LogP contribution in [0.25, 0.3) is 0 Å². The van der Waals surface area contributed by atoms with Crippen LogP contribution in [0.5, 0.6) is 5.75 Å². The highest BCUT2D eigenvalue weighted by Crippen LogP contribution is 2.50. The molecule has 1 amide bonds. The lowest BCUT2D eigenvalue weighted by Gasteiger charge is -2.27. The van der Waals surface area contributed by atoms with Crippen molar-refractivity contribution in [3.05, 3.63) is 47.5 Å². The first-order valence-corrected chi connectivity index (χ1v) is 11.1. The molecule has 1 saturated heterocycles. The second kappa shape index (κ2) is 7.19. The number of methoxy groups -OCH3 is 1. The number of ether oxygens (including phenoxy) is 1. The predicted octanol–water partition coefficient (Wildman–Crippen LogP) is 4.05. The zero-order valence-corrected chi connectivity index (χ0v) is 17.6. The molecule has 5 rings (SSSR count). The Hall–Kier alpha value is -2.30. The molecular formula is C24H31N3O2.